The van der Waals surface area contributed by atoms with Gasteiger partial charge in [-0.1, -0.05) is 0 Å². The first-order valence-corrected chi connectivity index (χ1v) is 6.03. The minimum Gasteiger partial charge on any atom is -0.493 e. The zero-order valence-electron chi connectivity index (χ0n) is 8.43. The maximum Gasteiger partial charge on any atom is 0.164 e. The van der Waals surface area contributed by atoms with E-state index >= 15 is 0 Å². The molecule has 0 bridgehead atoms. The molecule has 0 atom stereocenters. The molecule has 0 saturated heterocycles. The molecule has 0 unspecified atom stereocenters. The average Bonchev–Trinajstić information content (AvgIpc) is 2.21. The summed E-state index contributed by atoms with van der Waals surface area (Å²) >= 11 is 8.87. The van der Waals surface area contributed by atoms with E-state index < -0.39 is 0 Å². The van der Waals surface area contributed by atoms with Gasteiger partial charge in [-0.25, -0.2) is 0 Å². The third kappa shape index (κ3) is 3.50. The Balaban J connectivity index is 2.86. The van der Waals surface area contributed by atoms with Gasteiger partial charge in [0.1, 0.15) is 5.75 Å². The van der Waals surface area contributed by atoms with E-state index in [1.165, 1.54) is 0 Å². The smallest absolute Gasteiger partial charge is 0.164 e. The summed E-state index contributed by atoms with van der Waals surface area (Å²) in [5.41, 5.74) is 0.658. The molecule has 0 aliphatic heterocycles. The lowest BCUT2D eigenvalue weighted by atomic mass is 10.1. The number of ketones is 1. The fourth-order valence-corrected chi connectivity index (χ4v) is 1.84. The zero-order chi connectivity index (χ0) is 11.3. The van der Waals surface area contributed by atoms with Gasteiger partial charge in [-0.15, -0.1) is 11.6 Å². The van der Waals surface area contributed by atoms with Crippen molar-refractivity contribution in [2.24, 2.45) is 0 Å². The summed E-state index contributed by atoms with van der Waals surface area (Å²) in [7, 11) is 0. The third-order valence-electron chi connectivity index (χ3n) is 1.88. The molecule has 0 radical (unpaired) electrons. The van der Waals surface area contributed by atoms with Crippen molar-refractivity contribution < 1.29 is 9.53 Å². The van der Waals surface area contributed by atoms with E-state index in [0.717, 1.165) is 10.2 Å². The monoisotopic (exact) mass is 290 g/mol. The van der Waals surface area contributed by atoms with Crippen LogP contribution in [0.4, 0.5) is 0 Å². The van der Waals surface area contributed by atoms with Crippen LogP contribution in [0.1, 0.15) is 23.7 Å². The van der Waals surface area contributed by atoms with Crippen LogP contribution in [0, 0.1) is 0 Å². The molecular weight excluding hydrogens is 279 g/mol. The minimum atomic E-state index is 0.0498. The Morgan fingerprint density at radius 1 is 1.53 bits per heavy atom. The zero-order valence-corrected chi connectivity index (χ0v) is 10.8. The summed E-state index contributed by atoms with van der Waals surface area (Å²) in [5.74, 6) is 1.15. The molecule has 0 fully saturated rings. The van der Waals surface area contributed by atoms with Crippen LogP contribution >= 0.6 is 27.5 Å². The van der Waals surface area contributed by atoms with Crippen LogP contribution in [-0.4, -0.2) is 18.3 Å². The topological polar surface area (TPSA) is 26.3 Å². The van der Waals surface area contributed by atoms with E-state index in [9.17, 15) is 4.79 Å². The highest BCUT2D eigenvalue weighted by Gasteiger charge is 2.08. The SMILES string of the molecule is CCOc1ccc(C(=O)CCCl)cc1Br. The molecule has 0 aliphatic rings. The van der Waals surface area contributed by atoms with Crippen LogP contribution < -0.4 is 4.74 Å². The lowest BCUT2D eigenvalue weighted by molar-refractivity contribution is 0.0989. The van der Waals surface area contributed by atoms with E-state index in [1.54, 1.807) is 18.2 Å². The summed E-state index contributed by atoms with van der Waals surface area (Å²) in [6, 6.07) is 5.31. The van der Waals surface area contributed by atoms with Crippen molar-refractivity contribution >= 4 is 33.3 Å². The fraction of sp³-hybridized carbons (Fsp3) is 0.364. The molecule has 0 amide bonds. The Bertz CT molecular complexity index is 352. The summed E-state index contributed by atoms with van der Waals surface area (Å²) in [6.07, 6.45) is 0.363. The molecular formula is C11H12BrClO2. The highest BCUT2D eigenvalue weighted by atomic mass is 79.9. The first-order valence-electron chi connectivity index (χ1n) is 4.70. The minimum absolute atomic E-state index is 0.0498. The molecule has 1 aromatic carbocycles. The molecule has 0 aromatic heterocycles. The van der Waals surface area contributed by atoms with Crippen molar-refractivity contribution in [3.05, 3.63) is 28.2 Å². The Morgan fingerprint density at radius 3 is 2.80 bits per heavy atom. The van der Waals surface area contributed by atoms with E-state index in [1.807, 2.05) is 6.92 Å². The fourth-order valence-electron chi connectivity index (χ4n) is 1.18. The molecule has 0 aliphatic carbocycles. The van der Waals surface area contributed by atoms with Crippen LogP contribution in [0.3, 0.4) is 0 Å². The largest absolute Gasteiger partial charge is 0.493 e. The van der Waals surface area contributed by atoms with Crippen molar-refractivity contribution in [2.75, 3.05) is 12.5 Å². The molecule has 0 saturated carbocycles. The molecule has 82 valence electrons. The van der Waals surface area contributed by atoms with Gasteiger partial charge in [0, 0.05) is 17.9 Å². The van der Waals surface area contributed by atoms with Crippen LogP contribution in [0.15, 0.2) is 22.7 Å². The van der Waals surface area contributed by atoms with E-state index in [0.29, 0.717) is 24.5 Å². The van der Waals surface area contributed by atoms with Gasteiger partial charge >= 0.3 is 0 Å². The van der Waals surface area contributed by atoms with Gasteiger partial charge in [-0.3, -0.25) is 4.79 Å². The molecule has 15 heavy (non-hydrogen) atoms. The van der Waals surface area contributed by atoms with E-state index in [2.05, 4.69) is 15.9 Å². The number of alkyl halides is 1. The van der Waals surface area contributed by atoms with Crippen LogP contribution in [0.25, 0.3) is 0 Å². The van der Waals surface area contributed by atoms with Crippen LogP contribution in [0.2, 0.25) is 0 Å². The maximum atomic E-state index is 11.5. The second-order valence-corrected chi connectivity index (χ2v) is 4.17. The quantitative estimate of drug-likeness (QED) is 0.611. The Kier molecular flexibility index (Phi) is 5.12. The van der Waals surface area contributed by atoms with Crippen molar-refractivity contribution in [3.63, 3.8) is 0 Å². The number of rotatable bonds is 5. The number of ether oxygens (including phenoxy) is 1. The normalized spacial score (nSPS) is 10.1. The summed E-state index contributed by atoms with van der Waals surface area (Å²) in [4.78, 5) is 11.5. The highest BCUT2D eigenvalue weighted by Crippen LogP contribution is 2.26. The number of benzene rings is 1. The Morgan fingerprint density at radius 2 is 2.27 bits per heavy atom. The number of halogens is 2. The number of carbonyl (C=O) groups is 1. The Hall–Kier alpha value is -0.540. The van der Waals surface area contributed by atoms with E-state index in [4.69, 9.17) is 16.3 Å². The standard InChI is InChI=1S/C11H12BrClO2/c1-2-15-11-4-3-8(7-9(11)12)10(14)5-6-13/h3-4,7H,2,5-6H2,1H3. The van der Waals surface area contributed by atoms with Crippen molar-refractivity contribution in [2.45, 2.75) is 13.3 Å². The van der Waals surface area contributed by atoms with E-state index in [-0.39, 0.29) is 5.78 Å². The van der Waals surface area contributed by atoms with Crippen molar-refractivity contribution in [3.8, 4) is 5.75 Å². The molecule has 1 rings (SSSR count). The predicted octanol–water partition coefficient (Wildman–Crippen LogP) is 3.66. The second-order valence-electron chi connectivity index (χ2n) is 2.94. The highest BCUT2D eigenvalue weighted by molar-refractivity contribution is 9.10. The lowest BCUT2D eigenvalue weighted by Gasteiger charge is -2.06. The van der Waals surface area contributed by atoms with Gasteiger partial charge in [0.25, 0.3) is 0 Å². The van der Waals surface area contributed by atoms with Crippen LogP contribution in [0.5, 0.6) is 5.75 Å². The average molecular weight is 292 g/mol. The van der Waals surface area contributed by atoms with Gasteiger partial charge in [-0.2, -0.15) is 0 Å². The van der Waals surface area contributed by atoms with Crippen molar-refractivity contribution in [1.82, 2.24) is 0 Å². The number of Topliss-reactive ketones (excluding diaryl/α,β-unsaturated/α-hetero) is 1. The van der Waals surface area contributed by atoms with Crippen LogP contribution in [-0.2, 0) is 0 Å². The van der Waals surface area contributed by atoms with Crippen molar-refractivity contribution in [1.29, 1.82) is 0 Å². The lowest BCUT2D eigenvalue weighted by Crippen LogP contribution is -2.00. The number of carbonyl (C=O) groups excluding carboxylic acids is 1. The maximum absolute atomic E-state index is 11.5. The molecule has 1 aromatic rings. The number of hydrogen-bond acceptors (Lipinski definition) is 2. The number of hydrogen-bond donors (Lipinski definition) is 0. The second kappa shape index (κ2) is 6.13. The molecule has 0 spiro atoms. The van der Waals surface area contributed by atoms with Gasteiger partial charge < -0.3 is 4.74 Å². The molecule has 2 nitrogen and oxygen atoms in total. The summed E-state index contributed by atoms with van der Waals surface area (Å²) < 4.78 is 6.14. The summed E-state index contributed by atoms with van der Waals surface area (Å²) in [6.45, 7) is 2.52. The Labute approximate surface area is 103 Å². The first-order chi connectivity index (χ1) is 7.19. The molecule has 4 heteroatoms. The molecule has 0 heterocycles. The third-order valence-corrected chi connectivity index (χ3v) is 2.68. The summed E-state index contributed by atoms with van der Waals surface area (Å²) in [5, 5.41) is 0. The van der Waals surface area contributed by atoms with Gasteiger partial charge in [0.2, 0.25) is 0 Å². The van der Waals surface area contributed by atoms with Gasteiger partial charge in [-0.05, 0) is 41.1 Å². The van der Waals surface area contributed by atoms with Gasteiger partial charge in [0.05, 0.1) is 11.1 Å². The first kappa shape index (κ1) is 12.5. The predicted molar refractivity (Wildman–Crippen MR) is 65.0 cm³/mol. The van der Waals surface area contributed by atoms with Gasteiger partial charge in [0.15, 0.2) is 5.78 Å². The molecule has 0 N–H and O–H groups in total.